The van der Waals surface area contributed by atoms with Crippen molar-refractivity contribution in [1.29, 1.82) is 0 Å². The lowest BCUT2D eigenvalue weighted by Crippen LogP contribution is -2.12. The second-order valence-electron chi connectivity index (χ2n) is 9.87. The molecule has 0 spiro atoms. The van der Waals surface area contributed by atoms with Crippen LogP contribution in [0.5, 0.6) is 0 Å². The molecule has 1 nitrogen and oxygen atoms in total. The Morgan fingerprint density at radius 1 is 0.561 bits per heavy atom. The Kier molecular flexibility index (Phi) is 6.30. The summed E-state index contributed by atoms with van der Waals surface area (Å²) in [5.41, 5.74) is 5.83. The van der Waals surface area contributed by atoms with Crippen molar-refractivity contribution in [3.05, 3.63) is 138 Å². The van der Waals surface area contributed by atoms with Crippen LogP contribution in [-0.2, 0) is 0 Å². The van der Waals surface area contributed by atoms with E-state index in [1.54, 1.807) is 0 Å². The average molecular weight is 600 g/mol. The summed E-state index contributed by atoms with van der Waals surface area (Å²) in [5.74, 6) is 0. The molecule has 8 rings (SSSR count). The number of para-hydroxylation sites is 1. The van der Waals surface area contributed by atoms with Crippen LogP contribution in [0.3, 0.4) is 0 Å². The summed E-state index contributed by atoms with van der Waals surface area (Å²) in [7, 11) is 0. The molecule has 0 aliphatic carbocycles. The zero-order valence-corrected chi connectivity index (χ0v) is 25.0. The van der Waals surface area contributed by atoms with Gasteiger partial charge in [-0.25, -0.2) is 0 Å². The van der Waals surface area contributed by atoms with Crippen LogP contribution < -0.4 is 4.90 Å². The molecule has 7 aromatic rings. The van der Waals surface area contributed by atoms with Crippen LogP contribution in [0.25, 0.3) is 31.3 Å². The Hall–Kier alpha value is -3.67. The van der Waals surface area contributed by atoms with E-state index in [2.05, 4.69) is 126 Å². The predicted molar refractivity (Wildman–Crippen MR) is 179 cm³/mol. The van der Waals surface area contributed by atoms with E-state index in [0.717, 1.165) is 16.3 Å². The number of fused-ring (bicyclic) bond motifs is 5. The molecule has 5 heteroatoms. The molecule has 0 unspecified atom stereocenters. The highest BCUT2D eigenvalue weighted by molar-refractivity contribution is 8.05. The number of thiophene rings is 1. The van der Waals surface area contributed by atoms with Gasteiger partial charge in [0.1, 0.15) is 0 Å². The van der Waals surface area contributed by atoms with Crippen LogP contribution in [0, 0.1) is 0 Å². The number of nitrogens with zero attached hydrogens (tertiary/aromatic N) is 1. The van der Waals surface area contributed by atoms with E-state index in [-0.39, 0.29) is 0 Å². The van der Waals surface area contributed by atoms with Gasteiger partial charge in [-0.05, 0) is 71.8 Å². The van der Waals surface area contributed by atoms with Crippen LogP contribution in [0.1, 0.15) is 0 Å². The summed E-state index contributed by atoms with van der Waals surface area (Å²) in [4.78, 5) is 7.63. The number of hydrogen-bond donors (Lipinski definition) is 0. The molecule has 0 saturated heterocycles. The Morgan fingerprint density at radius 3 is 2.15 bits per heavy atom. The lowest BCUT2D eigenvalue weighted by molar-refractivity contribution is 1.12. The first-order chi connectivity index (χ1) is 20.2. The third kappa shape index (κ3) is 4.34. The van der Waals surface area contributed by atoms with Gasteiger partial charge in [-0.2, -0.15) is 0 Å². The van der Waals surface area contributed by atoms with Crippen molar-refractivity contribution < 1.29 is 0 Å². The molecule has 1 aliphatic heterocycles. The summed E-state index contributed by atoms with van der Waals surface area (Å²) in [5, 5.41) is 3.28. The van der Waals surface area contributed by atoms with Crippen LogP contribution in [-0.4, -0.2) is 0 Å². The normalized spacial score (nSPS) is 12.3. The Labute approximate surface area is 256 Å². The van der Waals surface area contributed by atoms with Gasteiger partial charge in [0.05, 0.1) is 21.0 Å². The molecule has 1 aliphatic rings. The second kappa shape index (κ2) is 10.3. The molecular weight excluding hydrogens is 578 g/mol. The maximum atomic E-state index is 6.47. The van der Waals surface area contributed by atoms with Gasteiger partial charge in [0.15, 0.2) is 0 Å². The number of rotatable bonds is 4. The molecule has 0 N–H and O–H groups in total. The van der Waals surface area contributed by atoms with Crippen LogP contribution >= 0.6 is 46.5 Å². The van der Waals surface area contributed by atoms with E-state index in [0.29, 0.717) is 0 Å². The fourth-order valence-corrected chi connectivity index (χ4v) is 9.37. The van der Waals surface area contributed by atoms with Crippen molar-refractivity contribution in [2.45, 2.75) is 19.6 Å². The van der Waals surface area contributed by atoms with Gasteiger partial charge in [-0.15, -0.1) is 11.3 Å². The monoisotopic (exact) mass is 599 g/mol. The molecule has 0 fully saturated rings. The number of hydrogen-bond acceptors (Lipinski definition) is 4. The van der Waals surface area contributed by atoms with E-state index in [9.17, 15) is 0 Å². The van der Waals surface area contributed by atoms with Crippen molar-refractivity contribution in [3.63, 3.8) is 0 Å². The SMILES string of the molecule is Clc1cccc(-c2ccc(N(c3ccccc3)c3cccc4c3Sc3ccccc3S4)c3sc4ccccc4c23)c1. The van der Waals surface area contributed by atoms with E-state index in [1.807, 2.05) is 47.0 Å². The van der Waals surface area contributed by atoms with Crippen molar-refractivity contribution in [3.8, 4) is 11.1 Å². The number of halogens is 1. The van der Waals surface area contributed by atoms with E-state index < -0.39 is 0 Å². The van der Waals surface area contributed by atoms with Crippen molar-refractivity contribution in [2.75, 3.05) is 4.90 Å². The average Bonchev–Trinajstić information content (AvgIpc) is 3.41. The van der Waals surface area contributed by atoms with Gasteiger partial charge in [-0.3, -0.25) is 0 Å². The summed E-state index contributed by atoms with van der Waals surface area (Å²) >= 11 is 12.1. The first-order valence-electron chi connectivity index (χ1n) is 13.4. The Morgan fingerprint density at radius 2 is 1.29 bits per heavy atom. The van der Waals surface area contributed by atoms with Crippen LogP contribution in [0.15, 0.2) is 153 Å². The van der Waals surface area contributed by atoms with Crippen LogP contribution in [0.2, 0.25) is 5.02 Å². The molecule has 0 radical (unpaired) electrons. The van der Waals surface area contributed by atoms with Gasteiger partial charge in [-0.1, -0.05) is 108 Å². The smallest absolute Gasteiger partial charge is 0.0641 e. The van der Waals surface area contributed by atoms with Crippen molar-refractivity contribution >= 4 is 83.7 Å². The Bertz CT molecular complexity index is 2080. The molecule has 0 atom stereocenters. The number of anilines is 3. The van der Waals surface area contributed by atoms with E-state index in [1.165, 1.54) is 56.7 Å². The van der Waals surface area contributed by atoms with Crippen LogP contribution in [0.4, 0.5) is 17.1 Å². The zero-order valence-electron chi connectivity index (χ0n) is 21.8. The standard InChI is InChI=1S/C36H22ClNS3/c37-24-11-8-10-23(22-24)26-20-21-29(36-34(26)27-14-4-5-16-30(27)40-36)38(25-12-2-1-3-13-25)28-15-9-19-33-35(28)41-32-18-7-6-17-31(32)39-33/h1-22H. The maximum Gasteiger partial charge on any atom is 0.0641 e. The molecule has 41 heavy (non-hydrogen) atoms. The quantitative estimate of drug-likeness (QED) is 0.198. The fraction of sp³-hybridized carbons (Fsp3) is 0. The summed E-state index contributed by atoms with van der Waals surface area (Å²) in [6.07, 6.45) is 0. The molecule has 196 valence electrons. The van der Waals surface area contributed by atoms with Crippen molar-refractivity contribution in [2.24, 2.45) is 0 Å². The summed E-state index contributed by atoms with van der Waals surface area (Å²) < 4.78 is 2.54. The first-order valence-corrected chi connectivity index (χ1v) is 16.2. The predicted octanol–water partition coefficient (Wildman–Crippen LogP) is 12.5. The maximum absolute atomic E-state index is 6.47. The molecule has 0 saturated carbocycles. The molecule has 1 aromatic heterocycles. The lowest BCUT2D eigenvalue weighted by atomic mass is 9.98. The lowest BCUT2D eigenvalue weighted by Gasteiger charge is -2.30. The first kappa shape index (κ1) is 25.1. The van der Waals surface area contributed by atoms with Gasteiger partial charge < -0.3 is 4.90 Å². The topological polar surface area (TPSA) is 3.24 Å². The largest absolute Gasteiger partial charge is 0.308 e. The van der Waals surface area contributed by atoms with Gasteiger partial charge >= 0.3 is 0 Å². The van der Waals surface area contributed by atoms with Gasteiger partial charge in [0, 0.05) is 40.9 Å². The summed E-state index contributed by atoms with van der Waals surface area (Å²) in [6, 6.07) is 47.6. The van der Waals surface area contributed by atoms with E-state index in [4.69, 9.17) is 11.6 Å². The highest BCUT2D eigenvalue weighted by Crippen LogP contribution is 2.55. The van der Waals surface area contributed by atoms with Gasteiger partial charge in [0.25, 0.3) is 0 Å². The highest BCUT2D eigenvalue weighted by Gasteiger charge is 2.26. The molecule has 6 aromatic carbocycles. The number of benzene rings is 6. The highest BCUT2D eigenvalue weighted by atomic mass is 35.5. The van der Waals surface area contributed by atoms with Crippen molar-refractivity contribution in [1.82, 2.24) is 0 Å². The fourth-order valence-electron chi connectivity index (χ4n) is 5.58. The summed E-state index contributed by atoms with van der Waals surface area (Å²) in [6.45, 7) is 0. The second-order valence-corrected chi connectivity index (χ2v) is 13.5. The molecule has 0 bridgehead atoms. The minimum absolute atomic E-state index is 0.746. The minimum Gasteiger partial charge on any atom is -0.308 e. The third-order valence-corrected chi connectivity index (χ3v) is 11.4. The third-order valence-electron chi connectivity index (χ3n) is 7.38. The van der Waals surface area contributed by atoms with E-state index >= 15 is 0 Å². The zero-order chi connectivity index (χ0) is 27.3. The molecule has 0 amide bonds. The van der Waals surface area contributed by atoms with Gasteiger partial charge in [0.2, 0.25) is 0 Å². The Balaban J connectivity index is 1.41. The minimum atomic E-state index is 0.746. The molecular formula is C36H22ClNS3. The molecule has 2 heterocycles.